The number of rotatable bonds is 4. The topological polar surface area (TPSA) is 72.8 Å². The summed E-state index contributed by atoms with van der Waals surface area (Å²) in [7, 11) is 0. The van der Waals surface area contributed by atoms with Crippen LogP contribution < -0.4 is 0 Å². The van der Waals surface area contributed by atoms with Crippen LogP contribution >= 0.6 is 0 Å². The molecule has 1 aromatic carbocycles. The van der Waals surface area contributed by atoms with Gasteiger partial charge in [0.05, 0.1) is 25.0 Å². The molecule has 1 aliphatic rings. The van der Waals surface area contributed by atoms with E-state index in [0.29, 0.717) is 0 Å². The van der Waals surface area contributed by atoms with E-state index in [-0.39, 0.29) is 19.8 Å². The van der Waals surface area contributed by atoms with Crippen molar-refractivity contribution in [1.29, 1.82) is 0 Å². The van der Waals surface area contributed by atoms with Gasteiger partial charge in [0.2, 0.25) is 0 Å². The van der Waals surface area contributed by atoms with Crippen LogP contribution in [0.3, 0.4) is 0 Å². The minimum Gasteiger partial charge on any atom is -0.481 e. The summed E-state index contributed by atoms with van der Waals surface area (Å²) in [5, 5.41) is 8.93. The summed E-state index contributed by atoms with van der Waals surface area (Å²) >= 11 is 0. The van der Waals surface area contributed by atoms with Gasteiger partial charge in [0.1, 0.15) is 6.61 Å². The number of hydrogen-bond acceptors (Lipinski definition) is 4. The van der Waals surface area contributed by atoms with Gasteiger partial charge in [0.25, 0.3) is 0 Å². The van der Waals surface area contributed by atoms with Gasteiger partial charge in [-0.05, 0) is 5.56 Å². The quantitative estimate of drug-likeness (QED) is 0.809. The summed E-state index contributed by atoms with van der Waals surface area (Å²) in [6, 6.07) is 9.25. The third-order valence-electron chi connectivity index (χ3n) is 2.92. The molecule has 1 aromatic rings. The fourth-order valence-electron chi connectivity index (χ4n) is 1.87. The molecule has 0 spiro atoms. The second kappa shape index (κ2) is 5.64. The number of carbonyl (C=O) groups is 2. The predicted molar refractivity (Wildman–Crippen MR) is 61.7 cm³/mol. The van der Waals surface area contributed by atoms with Crippen LogP contribution in [0.1, 0.15) is 5.56 Å². The lowest BCUT2D eigenvalue weighted by atomic mass is 9.96. The highest BCUT2D eigenvalue weighted by Gasteiger charge is 2.40. The fourth-order valence-corrected chi connectivity index (χ4v) is 1.87. The molecule has 1 fully saturated rings. The first-order valence-electron chi connectivity index (χ1n) is 5.69. The lowest BCUT2D eigenvalue weighted by Gasteiger charge is -2.12. The van der Waals surface area contributed by atoms with Crippen LogP contribution in [0.15, 0.2) is 30.3 Å². The SMILES string of the molecule is O=C(O)C1COCC1C(=O)OCc1ccccc1. The van der Waals surface area contributed by atoms with E-state index in [2.05, 4.69) is 0 Å². The molecule has 1 saturated heterocycles. The van der Waals surface area contributed by atoms with E-state index in [4.69, 9.17) is 14.6 Å². The first kappa shape index (κ1) is 12.6. The molecule has 1 N–H and O–H groups in total. The first-order valence-corrected chi connectivity index (χ1v) is 5.69. The Bertz CT molecular complexity index is 428. The Kier molecular flexibility index (Phi) is 3.94. The molecule has 0 radical (unpaired) electrons. The van der Waals surface area contributed by atoms with Crippen molar-refractivity contribution >= 4 is 11.9 Å². The molecular formula is C13H14O5. The minimum absolute atomic E-state index is 0.0699. The number of carboxylic acids is 1. The normalized spacial score (nSPS) is 22.7. The zero-order chi connectivity index (χ0) is 13.0. The fraction of sp³-hybridized carbons (Fsp3) is 0.385. The number of ether oxygens (including phenoxy) is 2. The van der Waals surface area contributed by atoms with Gasteiger partial charge in [-0.3, -0.25) is 9.59 Å². The number of carbonyl (C=O) groups excluding carboxylic acids is 1. The highest BCUT2D eigenvalue weighted by Crippen LogP contribution is 2.22. The Morgan fingerprint density at radius 3 is 2.56 bits per heavy atom. The van der Waals surface area contributed by atoms with Gasteiger partial charge in [-0.25, -0.2) is 0 Å². The average Bonchev–Trinajstić information content (AvgIpc) is 2.86. The van der Waals surface area contributed by atoms with Crippen molar-refractivity contribution in [1.82, 2.24) is 0 Å². The Hall–Kier alpha value is -1.88. The van der Waals surface area contributed by atoms with Crippen LogP contribution in [-0.4, -0.2) is 30.3 Å². The van der Waals surface area contributed by atoms with Crippen LogP contribution in [0.5, 0.6) is 0 Å². The Labute approximate surface area is 104 Å². The van der Waals surface area contributed by atoms with E-state index in [1.807, 2.05) is 30.3 Å². The highest BCUT2D eigenvalue weighted by atomic mass is 16.5. The Morgan fingerprint density at radius 1 is 1.22 bits per heavy atom. The molecular weight excluding hydrogens is 236 g/mol. The smallest absolute Gasteiger partial charge is 0.312 e. The monoisotopic (exact) mass is 250 g/mol. The van der Waals surface area contributed by atoms with Crippen molar-refractivity contribution in [3.05, 3.63) is 35.9 Å². The Balaban J connectivity index is 1.90. The number of carboxylic acid groups (broad SMARTS) is 1. The molecule has 0 bridgehead atoms. The van der Waals surface area contributed by atoms with Crippen molar-refractivity contribution in [2.45, 2.75) is 6.61 Å². The molecule has 2 rings (SSSR count). The van der Waals surface area contributed by atoms with Gasteiger partial charge in [0.15, 0.2) is 0 Å². The summed E-state index contributed by atoms with van der Waals surface area (Å²) in [6.45, 7) is 0.341. The molecule has 0 aliphatic carbocycles. The third-order valence-corrected chi connectivity index (χ3v) is 2.92. The van der Waals surface area contributed by atoms with Gasteiger partial charge in [-0.2, -0.15) is 0 Å². The van der Waals surface area contributed by atoms with Crippen LogP contribution in [0.25, 0.3) is 0 Å². The van der Waals surface area contributed by atoms with Crippen molar-refractivity contribution in [2.24, 2.45) is 11.8 Å². The Morgan fingerprint density at radius 2 is 1.89 bits per heavy atom. The molecule has 5 nitrogen and oxygen atoms in total. The van der Waals surface area contributed by atoms with Gasteiger partial charge in [-0.1, -0.05) is 30.3 Å². The molecule has 0 amide bonds. The lowest BCUT2D eigenvalue weighted by molar-refractivity contribution is -0.156. The van der Waals surface area contributed by atoms with E-state index in [1.54, 1.807) is 0 Å². The third kappa shape index (κ3) is 2.87. The first-order chi connectivity index (χ1) is 8.68. The van der Waals surface area contributed by atoms with E-state index >= 15 is 0 Å². The summed E-state index contributed by atoms with van der Waals surface area (Å²) in [6.07, 6.45) is 0. The summed E-state index contributed by atoms with van der Waals surface area (Å²) in [5.41, 5.74) is 0.872. The van der Waals surface area contributed by atoms with E-state index in [1.165, 1.54) is 0 Å². The van der Waals surface area contributed by atoms with E-state index in [0.717, 1.165) is 5.56 Å². The van der Waals surface area contributed by atoms with Gasteiger partial charge >= 0.3 is 11.9 Å². The van der Waals surface area contributed by atoms with Crippen molar-refractivity contribution in [3.8, 4) is 0 Å². The van der Waals surface area contributed by atoms with Crippen molar-refractivity contribution < 1.29 is 24.2 Å². The predicted octanol–water partition coefficient (Wildman–Crippen LogP) is 1.08. The number of hydrogen-bond donors (Lipinski definition) is 1. The standard InChI is InChI=1S/C13H14O5/c14-12(15)10-7-17-8-11(10)13(16)18-6-9-4-2-1-3-5-9/h1-5,10-11H,6-8H2,(H,14,15). The molecule has 2 unspecified atom stereocenters. The van der Waals surface area contributed by atoms with Crippen LogP contribution in [0, 0.1) is 11.8 Å². The lowest BCUT2D eigenvalue weighted by Crippen LogP contribution is -2.29. The maximum absolute atomic E-state index is 11.8. The molecule has 96 valence electrons. The molecule has 5 heteroatoms. The number of aliphatic carboxylic acids is 1. The zero-order valence-corrected chi connectivity index (χ0v) is 9.74. The van der Waals surface area contributed by atoms with Gasteiger partial charge < -0.3 is 14.6 Å². The molecule has 1 aliphatic heterocycles. The van der Waals surface area contributed by atoms with Gasteiger partial charge in [0, 0.05) is 0 Å². The van der Waals surface area contributed by atoms with E-state index < -0.39 is 23.8 Å². The van der Waals surface area contributed by atoms with Crippen LogP contribution in [0.4, 0.5) is 0 Å². The van der Waals surface area contributed by atoms with Crippen molar-refractivity contribution in [3.63, 3.8) is 0 Å². The second-order valence-electron chi connectivity index (χ2n) is 4.18. The molecule has 0 saturated carbocycles. The van der Waals surface area contributed by atoms with E-state index in [9.17, 15) is 9.59 Å². The summed E-state index contributed by atoms with van der Waals surface area (Å²) in [5.74, 6) is -3.03. The number of benzene rings is 1. The van der Waals surface area contributed by atoms with Gasteiger partial charge in [-0.15, -0.1) is 0 Å². The summed E-state index contributed by atoms with van der Waals surface area (Å²) < 4.78 is 10.1. The maximum Gasteiger partial charge on any atom is 0.312 e. The summed E-state index contributed by atoms with van der Waals surface area (Å²) in [4.78, 5) is 22.7. The molecule has 18 heavy (non-hydrogen) atoms. The largest absolute Gasteiger partial charge is 0.481 e. The minimum atomic E-state index is -1.02. The number of esters is 1. The second-order valence-corrected chi connectivity index (χ2v) is 4.18. The van der Waals surface area contributed by atoms with Crippen molar-refractivity contribution in [2.75, 3.05) is 13.2 Å². The molecule has 0 aromatic heterocycles. The molecule has 1 heterocycles. The van der Waals surface area contributed by atoms with Crippen LogP contribution in [-0.2, 0) is 25.7 Å². The maximum atomic E-state index is 11.8. The average molecular weight is 250 g/mol. The molecule has 2 atom stereocenters. The zero-order valence-electron chi connectivity index (χ0n) is 9.74. The van der Waals surface area contributed by atoms with Crippen LogP contribution in [0.2, 0.25) is 0 Å². The highest BCUT2D eigenvalue weighted by molar-refractivity contribution is 5.81.